The first-order valence-electron chi connectivity index (χ1n) is 8.32. The Kier molecular flexibility index (Phi) is 3.26. The van der Waals surface area contributed by atoms with Gasteiger partial charge in [-0.25, -0.2) is 0 Å². The maximum Gasteiger partial charge on any atom is 0.309 e. The van der Waals surface area contributed by atoms with E-state index in [0.717, 1.165) is 31.6 Å². The van der Waals surface area contributed by atoms with Crippen LogP contribution in [0.5, 0.6) is 0 Å². The van der Waals surface area contributed by atoms with E-state index in [2.05, 4.69) is 19.9 Å². The molecule has 20 heavy (non-hydrogen) atoms. The predicted molar refractivity (Wildman–Crippen MR) is 80.4 cm³/mol. The van der Waals surface area contributed by atoms with Crippen molar-refractivity contribution in [2.24, 2.45) is 28.6 Å². The predicted octanol–water partition coefficient (Wildman–Crippen LogP) is 4.65. The van der Waals surface area contributed by atoms with Gasteiger partial charge in [0.25, 0.3) is 0 Å². The number of allylic oxidation sites excluding steroid dienone is 2. The van der Waals surface area contributed by atoms with Gasteiger partial charge < -0.3 is 5.11 Å². The van der Waals surface area contributed by atoms with E-state index in [1.165, 1.54) is 19.3 Å². The summed E-state index contributed by atoms with van der Waals surface area (Å²) in [6.45, 7) is 6.73. The van der Waals surface area contributed by atoms with Gasteiger partial charge in [-0.05, 0) is 68.6 Å². The fourth-order valence-corrected chi connectivity index (χ4v) is 5.74. The Morgan fingerprint density at radius 2 is 2.00 bits per heavy atom. The quantitative estimate of drug-likeness (QED) is 0.708. The molecule has 2 fully saturated rings. The molecular weight excluding hydrogens is 248 g/mol. The van der Waals surface area contributed by atoms with E-state index in [4.69, 9.17) is 0 Å². The average Bonchev–Trinajstić information content (AvgIpc) is 2.37. The molecule has 0 spiro atoms. The Hall–Kier alpha value is -0.790. The highest BCUT2D eigenvalue weighted by atomic mass is 16.4. The minimum absolute atomic E-state index is 0.218. The molecule has 2 saturated carbocycles. The van der Waals surface area contributed by atoms with Crippen LogP contribution in [0.2, 0.25) is 0 Å². The zero-order valence-corrected chi connectivity index (χ0v) is 13.1. The summed E-state index contributed by atoms with van der Waals surface area (Å²) in [6.07, 6.45) is 10.4. The third kappa shape index (κ3) is 1.87. The van der Waals surface area contributed by atoms with E-state index in [0.29, 0.717) is 11.8 Å². The van der Waals surface area contributed by atoms with Crippen molar-refractivity contribution >= 4 is 5.97 Å². The number of carboxylic acid groups (broad SMARTS) is 1. The molecule has 3 aliphatic rings. The van der Waals surface area contributed by atoms with Crippen molar-refractivity contribution in [1.29, 1.82) is 0 Å². The Bertz CT molecular complexity index is 452. The number of fused-ring (bicyclic) bond motifs is 3. The molecule has 1 N–H and O–H groups in total. The zero-order chi connectivity index (χ0) is 14.5. The Balaban J connectivity index is 1.99. The molecule has 0 amide bonds. The Morgan fingerprint density at radius 3 is 2.70 bits per heavy atom. The van der Waals surface area contributed by atoms with Gasteiger partial charge in [0.15, 0.2) is 0 Å². The average molecular weight is 276 g/mol. The van der Waals surface area contributed by atoms with E-state index in [9.17, 15) is 9.90 Å². The molecule has 2 heteroatoms. The molecule has 0 aromatic carbocycles. The van der Waals surface area contributed by atoms with E-state index in [1.807, 2.05) is 6.92 Å². The summed E-state index contributed by atoms with van der Waals surface area (Å²) in [4.78, 5) is 11.9. The van der Waals surface area contributed by atoms with Gasteiger partial charge in [0.1, 0.15) is 0 Å². The molecule has 0 heterocycles. The highest BCUT2D eigenvalue weighted by molar-refractivity contribution is 5.75. The van der Waals surface area contributed by atoms with E-state index in [-0.39, 0.29) is 5.41 Å². The zero-order valence-electron chi connectivity index (χ0n) is 13.1. The van der Waals surface area contributed by atoms with Crippen LogP contribution in [-0.4, -0.2) is 11.1 Å². The van der Waals surface area contributed by atoms with Crippen molar-refractivity contribution < 1.29 is 9.90 Å². The second-order valence-electron chi connectivity index (χ2n) is 8.02. The molecule has 5 atom stereocenters. The molecule has 3 rings (SSSR count). The summed E-state index contributed by atoms with van der Waals surface area (Å²) in [5, 5.41) is 9.77. The van der Waals surface area contributed by atoms with Crippen molar-refractivity contribution in [3.05, 3.63) is 11.6 Å². The molecule has 0 bridgehead atoms. The normalized spacial score (nSPS) is 48.0. The summed E-state index contributed by atoms with van der Waals surface area (Å²) in [5.74, 6) is 1.16. The number of carboxylic acids is 1. The summed E-state index contributed by atoms with van der Waals surface area (Å²) in [7, 11) is 0. The van der Waals surface area contributed by atoms with Crippen LogP contribution in [0.3, 0.4) is 0 Å². The first kappa shape index (κ1) is 14.2. The van der Waals surface area contributed by atoms with Gasteiger partial charge >= 0.3 is 5.97 Å². The van der Waals surface area contributed by atoms with Crippen LogP contribution < -0.4 is 0 Å². The van der Waals surface area contributed by atoms with E-state index in [1.54, 1.807) is 5.57 Å². The molecular formula is C18H28O2. The van der Waals surface area contributed by atoms with Crippen molar-refractivity contribution in [3.8, 4) is 0 Å². The van der Waals surface area contributed by atoms with Gasteiger partial charge in [0.2, 0.25) is 0 Å². The maximum atomic E-state index is 11.9. The monoisotopic (exact) mass is 276 g/mol. The fourth-order valence-electron chi connectivity index (χ4n) is 5.74. The van der Waals surface area contributed by atoms with Gasteiger partial charge in [0, 0.05) is 0 Å². The number of carbonyl (C=O) groups is 1. The molecule has 0 saturated heterocycles. The Morgan fingerprint density at radius 1 is 1.25 bits per heavy atom. The fraction of sp³-hybridized carbons (Fsp3) is 0.833. The maximum absolute atomic E-state index is 11.9. The number of aliphatic carboxylic acids is 1. The Labute approximate surface area is 122 Å². The van der Waals surface area contributed by atoms with E-state index < -0.39 is 11.4 Å². The highest BCUT2D eigenvalue weighted by Crippen LogP contribution is 2.63. The van der Waals surface area contributed by atoms with E-state index >= 15 is 0 Å². The van der Waals surface area contributed by atoms with Gasteiger partial charge in [-0.2, -0.15) is 0 Å². The topological polar surface area (TPSA) is 37.3 Å². The van der Waals surface area contributed by atoms with Gasteiger partial charge in [-0.15, -0.1) is 0 Å². The summed E-state index contributed by atoms with van der Waals surface area (Å²) >= 11 is 0. The highest BCUT2D eigenvalue weighted by Gasteiger charge is 2.57. The molecule has 0 radical (unpaired) electrons. The van der Waals surface area contributed by atoms with Crippen LogP contribution in [0.15, 0.2) is 11.6 Å². The van der Waals surface area contributed by atoms with Gasteiger partial charge in [-0.3, -0.25) is 4.79 Å². The molecule has 3 aliphatic carbocycles. The lowest BCUT2D eigenvalue weighted by molar-refractivity contribution is -0.164. The standard InChI is InChI=1S/C18H28O2/c1-12-5-7-14-13(11-12)6-8-15-17(14,2)9-4-10-18(15,3)16(19)20/h11-12,14-15H,4-10H2,1-3H3,(H,19,20)/t12-,14+,15-,17-,18-/m1/s1. The molecule has 112 valence electrons. The number of hydrogen-bond donors (Lipinski definition) is 1. The van der Waals surface area contributed by atoms with Crippen LogP contribution in [0.25, 0.3) is 0 Å². The summed E-state index contributed by atoms with van der Waals surface area (Å²) in [5.41, 5.74) is 1.37. The molecule has 2 nitrogen and oxygen atoms in total. The summed E-state index contributed by atoms with van der Waals surface area (Å²) < 4.78 is 0. The van der Waals surface area contributed by atoms with Crippen molar-refractivity contribution in [2.75, 3.05) is 0 Å². The second kappa shape index (κ2) is 4.61. The molecule has 0 aliphatic heterocycles. The van der Waals surface area contributed by atoms with Gasteiger partial charge in [-0.1, -0.05) is 31.9 Å². The first-order chi connectivity index (χ1) is 9.38. The molecule has 0 aromatic heterocycles. The van der Waals surface area contributed by atoms with Crippen molar-refractivity contribution in [3.63, 3.8) is 0 Å². The van der Waals surface area contributed by atoms with Crippen LogP contribution in [-0.2, 0) is 4.79 Å². The van der Waals surface area contributed by atoms with Crippen LogP contribution >= 0.6 is 0 Å². The SMILES string of the molecule is C[C@H]1C=C2CC[C@@H]3[C@](C)(CCC[C@@]3(C)C(=O)O)[C@H]2CC1. The lowest BCUT2D eigenvalue weighted by Gasteiger charge is -2.58. The van der Waals surface area contributed by atoms with Crippen molar-refractivity contribution in [2.45, 2.75) is 65.7 Å². The first-order valence-corrected chi connectivity index (χ1v) is 8.32. The lowest BCUT2D eigenvalue weighted by Crippen LogP contribution is -2.53. The third-order valence-electron chi connectivity index (χ3n) is 6.84. The lowest BCUT2D eigenvalue weighted by atomic mass is 9.46. The number of hydrogen-bond acceptors (Lipinski definition) is 1. The van der Waals surface area contributed by atoms with Gasteiger partial charge in [0.05, 0.1) is 5.41 Å². The molecule has 0 aromatic rings. The molecule has 0 unspecified atom stereocenters. The van der Waals surface area contributed by atoms with Crippen molar-refractivity contribution in [1.82, 2.24) is 0 Å². The number of rotatable bonds is 1. The minimum atomic E-state index is -0.565. The summed E-state index contributed by atoms with van der Waals surface area (Å²) in [6, 6.07) is 0. The second-order valence-corrected chi connectivity index (χ2v) is 8.02. The minimum Gasteiger partial charge on any atom is -0.481 e. The van der Waals surface area contributed by atoms with Crippen LogP contribution in [0.4, 0.5) is 0 Å². The van der Waals surface area contributed by atoms with Crippen LogP contribution in [0.1, 0.15) is 65.7 Å². The smallest absolute Gasteiger partial charge is 0.309 e. The third-order valence-corrected chi connectivity index (χ3v) is 6.84. The largest absolute Gasteiger partial charge is 0.481 e. The van der Waals surface area contributed by atoms with Crippen LogP contribution in [0, 0.1) is 28.6 Å².